The second-order valence-corrected chi connectivity index (χ2v) is 7.63. The van der Waals surface area contributed by atoms with Crippen molar-refractivity contribution in [1.82, 2.24) is 20.6 Å². The number of hydrogen-bond acceptors (Lipinski definition) is 5. The average molecular weight is 403 g/mol. The van der Waals surface area contributed by atoms with Crippen LogP contribution in [0.3, 0.4) is 0 Å². The van der Waals surface area contributed by atoms with Gasteiger partial charge in [0.05, 0.1) is 13.2 Å². The van der Waals surface area contributed by atoms with Crippen LogP contribution in [-0.4, -0.2) is 33.8 Å². The molecule has 1 aromatic carbocycles. The number of nitrogens with zero attached hydrogens (tertiary/aromatic N) is 3. The van der Waals surface area contributed by atoms with Gasteiger partial charge in [0.25, 0.3) is 0 Å². The summed E-state index contributed by atoms with van der Waals surface area (Å²) in [6.45, 7) is 5.91. The van der Waals surface area contributed by atoms with Gasteiger partial charge in [-0.2, -0.15) is 5.21 Å². The van der Waals surface area contributed by atoms with Crippen LogP contribution >= 0.6 is 0 Å². The van der Waals surface area contributed by atoms with Gasteiger partial charge in [-0.05, 0) is 36.3 Å². The van der Waals surface area contributed by atoms with Crippen LogP contribution in [0.5, 0.6) is 11.5 Å². The molecule has 0 fully saturated rings. The molecule has 0 amide bonds. The molecule has 2 aromatic rings. The van der Waals surface area contributed by atoms with Crippen LogP contribution in [0.4, 0.5) is 0 Å². The fourth-order valence-electron chi connectivity index (χ4n) is 3.29. The molecule has 0 radical (unpaired) electrons. The average Bonchev–Trinajstić information content (AvgIpc) is 3.28. The summed E-state index contributed by atoms with van der Waals surface area (Å²) in [5, 5.41) is 14.3. The van der Waals surface area contributed by atoms with Crippen molar-refractivity contribution in [2.24, 2.45) is 0 Å². The zero-order valence-corrected chi connectivity index (χ0v) is 18.3. The summed E-state index contributed by atoms with van der Waals surface area (Å²) in [5.41, 5.74) is 0.878. The van der Waals surface area contributed by atoms with E-state index in [-0.39, 0.29) is 0 Å². The van der Waals surface area contributed by atoms with Crippen molar-refractivity contribution in [3.05, 3.63) is 18.2 Å². The highest BCUT2D eigenvalue weighted by Crippen LogP contribution is 2.32. The first-order chi connectivity index (χ1) is 14.3. The Morgan fingerprint density at radius 1 is 0.724 bits per heavy atom. The molecule has 0 aliphatic heterocycles. The molecule has 0 aliphatic rings. The number of aromatic nitrogens is 4. The highest BCUT2D eigenvalue weighted by Gasteiger charge is 2.11. The quantitative estimate of drug-likeness (QED) is 0.312. The highest BCUT2D eigenvalue weighted by atomic mass is 16.5. The van der Waals surface area contributed by atoms with Gasteiger partial charge in [0.15, 0.2) is 11.5 Å². The fraction of sp³-hybridized carbons (Fsp3) is 0.696. The van der Waals surface area contributed by atoms with E-state index < -0.39 is 0 Å². The molecule has 0 saturated carbocycles. The maximum absolute atomic E-state index is 6.08. The number of H-pyrrole nitrogens is 1. The first-order valence-electron chi connectivity index (χ1n) is 11.5. The molecule has 6 heteroatoms. The highest BCUT2D eigenvalue weighted by molar-refractivity contribution is 5.60. The maximum atomic E-state index is 6.08. The van der Waals surface area contributed by atoms with Crippen LogP contribution in [0.2, 0.25) is 0 Å². The third-order valence-corrected chi connectivity index (χ3v) is 5.06. The smallest absolute Gasteiger partial charge is 0.204 e. The number of hydrogen-bond donors (Lipinski definition) is 1. The summed E-state index contributed by atoms with van der Waals surface area (Å²) in [7, 11) is 0. The van der Waals surface area contributed by atoms with E-state index in [0.29, 0.717) is 12.4 Å². The summed E-state index contributed by atoms with van der Waals surface area (Å²) in [6.07, 6.45) is 15.0. The first-order valence-corrected chi connectivity index (χ1v) is 11.5. The largest absolute Gasteiger partial charge is 0.490 e. The zero-order valence-electron chi connectivity index (χ0n) is 18.3. The lowest BCUT2D eigenvalue weighted by Gasteiger charge is -2.14. The molecule has 162 valence electrons. The predicted molar refractivity (Wildman–Crippen MR) is 117 cm³/mol. The van der Waals surface area contributed by atoms with Gasteiger partial charge in [0.2, 0.25) is 5.82 Å². The Hall–Kier alpha value is -2.11. The molecular formula is C23H38N4O2. The van der Waals surface area contributed by atoms with Crippen LogP contribution in [0.15, 0.2) is 18.2 Å². The molecule has 2 rings (SSSR count). The predicted octanol–water partition coefficient (Wildman–Crippen LogP) is 6.35. The molecule has 6 nitrogen and oxygen atoms in total. The monoisotopic (exact) mass is 402 g/mol. The van der Waals surface area contributed by atoms with Crippen molar-refractivity contribution < 1.29 is 9.47 Å². The lowest BCUT2D eigenvalue weighted by Crippen LogP contribution is -2.03. The molecular weight excluding hydrogens is 364 g/mol. The van der Waals surface area contributed by atoms with Crippen molar-refractivity contribution in [2.45, 2.75) is 90.9 Å². The van der Waals surface area contributed by atoms with Crippen LogP contribution in [0, 0.1) is 0 Å². The van der Waals surface area contributed by atoms with Crippen LogP contribution < -0.4 is 9.47 Å². The van der Waals surface area contributed by atoms with E-state index >= 15 is 0 Å². The standard InChI is InChI=1S/C23H38N4O2/c1-3-5-7-9-11-13-17-28-21-16-15-20(23-24-26-27-25-23)19-22(21)29-18-14-12-10-8-6-4-2/h15-16,19H,3-14,17-18H2,1-2H3,(H,24,25,26,27). The number of tetrazole rings is 1. The maximum Gasteiger partial charge on any atom is 0.204 e. The Morgan fingerprint density at radius 3 is 1.90 bits per heavy atom. The van der Waals surface area contributed by atoms with Gasteiger partial charge in [0.1, 0.15) is 0 Å². The van der Waals surface area contributed by atoms with Crippen LogP contribution in [0.25, 0.3) is 11.4 Å². The van der Waals surface area contributed by atoms with Gasteiger partial charge >= 0.3 is 0 Å². The third kappa shape index (κ3) is 9.29. The van der Waals surface area contributed by atoms with Crippen molar-refractivity contribution in [2.75, 3.05) is 13.2 Å². The van der Waals surface area contributed by atoms with Gasteiger partial charge < -0.3 is 9.47 Å². The molecule has 1 heterocycles. The molecule has 1 aromatic heterocycles. The van der Waals surface area contributed by atoms with Crippen molar-refractivity contribution in [3.8, 4) is 22.9 Å². The topological polar surface area (TPSA) is 72.9 Å². The van der Waals surface area contributed by atoms with Gasteiger partial charge in [-0.3, -0.25) is 0 Å². The fourth-order valence-corrected chi connectivity index (χ4v) is 3.29. The van der Waals surface area contributed by atoms with E-state index in [0.717, 1.165) is 36.5 Å². The minimum absolute atomic E-state index is 0.567. The number of ether oxygens (including phenoxy) is 2. The Labute approximate surface area is 175 Å². The van der Waals surface area contributed by atoms with Crippen LogP contribution in [-0.2, 0) is 0 Å². The molecule has 0 unspecified atom stereocenters. The molecule has 1 N–H and O–H groups in total. The SMILES string of the molecule is CCCCCCCCOc1ccc(-c2nn[nH]n2)cc1OCCCCCCCC. The van der Waals surface area contributed by atoms with E-state index in [4.69, 9.17) is 9.47 Å². The first kappa shape index (κ1) is 23.2. The Morgan fingerprint density at radius 2 is 1.31 bits per heavy atom. The zero-order chi connectivity index (χ0) is 20.6. The van der Waals surface area contributed by atoms with Gasteiger partial charge in [0, 0.05) is 5.56 Å². The van der Waals surface area contributed by atoms with Crippen molar-refractivity contribution >= 4 is 0 Å². The second kappa shape index (κ2) is 14.8. The number of aromatic amines is 1. The number of rotatable bonds is 17. The Kier molecular flexibility index (Phi) is 11.8. The molecule has 0 spiro atoms. The minimum atomic E-state index is 0.567. The number of nitrogens with one attached hydrogen (secondary N) is 1. The molecule has 0 atom stereocenters. The third-order valence-electron chi connectivity index (χ3n) is 5.06. The van der Waals surface area contributed by atoms with Crippen molar-refractivity contribution in [1.29, 1.82) is 0 Å². The van der Waals surface area contributed by atoms with Crippen LogP contribution in [0.1, 0.15) is 90.9 Å². The Bertz CT molecular complexity index is 646. The summed E-state index contributed by atoms with van der Waals surface area (Å²) in [6, 6.07) is 5.87. The molecule has 0 saturated heterocycles. The van der Waals surface area contributed by atoms with Gasteiger partial charge in [-0.1, -0.05) is 78.1 Å². The molecule has 29 heavy (non-hydrogen) atoms. The lowest BCUT2D eigenvalue weighted by molar-refractivity contribution is 0.258. The Balaban J connectivity index is 1.84. The van der Waals surface area contributed by atoms with E-state index in [1.54, 1.807) is 0 Å². The number of unbranched alkanes of at least 4 members (excludes halogenated alkanes) is 10. The summed E-state index contributed by atoms with van der Waals surface area (Å²) in [5.74, 6) is 2.14. The summed E-state index contributed by atoms with van der Waals surface area (Å²) >= 11 is 0. The molecule has 0 bridgehead atoms. The van der Waals surface area contributed by atoms with E-state index in [1.807, 2.05) is 18.2 Å². The second-order valence-electron chi connectivity index (χ2n) is 7.63. The number of benzene rings is 1. The molecule has 0 aliphatic carbocycles. The summed E-state index contributed by atoms with van der Waals surface area (Å²) in [4.78, 5) is 0. The lowest BCUT2D eigenvalue weighted by atomic mass is 10.1. The van der Waals surface area contributed by atoms with Gasteiger partial charge in [-0.15, -0.1) is 10.2 Å². The van der Waals surface area contributed by atoms with Gasteiger partial charge in [-0.25, -0.2) is 0 Å². The minimum Gasteiger partial charge on any atom is -0.490 e. The van der Waals surface area contributed by atoms with E-state index in [2.05, 4.69) is 34.5 Å². The van der Waals surface area contributed by atoms with Crippen molar-refractivity contribution in [3.63, 3.8) is 0 Å². The summed E-state index contributed by atoms with van der Waals surface area (Å²) < 4.78 is 12.1. The normalized spacial score (nSPS) is 11.0. The van der Waals surface area contributed by atoms with E-state index in [9.17, 15) is 0 Å². The van der Waals surface area contributed by atoms with E-state index in [1.165, 1.54) is 64.2 Å².